The maximum Gasteiger partial charge on any atom is 0.331 e. The molecule has 18 heavy (non-hydrogen) atoms. The third-order valence-electron chi connectivity index (χ3n) is 2.82. The standard InChI is InChI=1S/C12H17NO5/c1-6-4-9(12(16)17)5-10(18-8(3)15)11(6)13-7(2)14/h5-6,10-11H,4H2,1-3H3,(H,13,14)(H,16,17)/t6-,10+,11+/m0/s1. The van der Waals surface area contributed by atoms with E-state index >= 15 is 0 Å². The first-order valence-electron chi connectivity index (χ1n) is 5.69. The summed E-state index contributed by atoms with van der Waals surface area (Å²) in [7, 11) is 0. The molecule has 0 unspecified atom stereocenters. The van der Waals surface area contributed by atoms with Gasteiger partial charge >= 0.3 is 11.9 Å². The Morgan fingerprint density at radius 2 is 2.00 bits per heavy atom. The number of hydrogen-bond donors (Lipinski definition) is 2. The molecule has 1 aliphatic rings. The molecule has 0 saturated carbocycles. The Morgan fingerprint density at radius 3 is 2.44 bits per heavy atom. The highest BCUT2D eigenvalue weighted by molar-refractivity contribution is 5.87. The number of amides is 1. The zero-order valence-corrected chi connectivity index (χ0v) is 10.6. The number of aliphatic carboxylic acids is 1. The molecule has 1 aliphatic carbocycles. The highest BCUT2D eigenvalue weighted by Gasteiger charge is 2.35. The van der Waals surface area contributed by atoms with Gasteiger partial charge in [0.25, 0.3) is 0 Å². The zero-order valence-electron chi connectivity index (χ0n) is 10.6. The largest absolute Gasteiger partial charge is 0.478 e. The Morgan fingerprint density at radius 1 is 1.39 bits per heavy atom. The number of rotatable bonds is 3. The molecule has 0 heterocycles. The number of hydrogen-bond acceptors (Lipinski definition) is 4. The van der Waals surface area contributed by atoms with E-state index in [-0.39, 0.29) is 17.4 Å². The molecule has 0 aliphatic heterocycles. The van der Waals surface area contributed by atoms with Gasteiger partial charge in [0.2, 0.25) is 5.91 Å². The Kier molecular flexibility index (Phi) is 4.47. The van der Waals surface area contributed by atoms with Crippen LogP contribution >= 0.6 is 0 Å². The number of carbonyl (C=O) groups excluding carboxylic acids is 2. The maximum atomic E-state index is 11.1. The van der Waals surface area contributed by atoms with Crippen molar-refractivity contribution in [2.75, 3.05) is 0 Å². The maximum absolute atomic E-state index is 11.1. The van der Waals surface area contributed by atoms with Crippen molar-refractivity contribution in [1.82, 2.24) is 5.32 Å². The number of carboxylic acid groups (broad SMARTS) is 1. The fourth-order valence-corrected chi connectivity index (χ4v) is 2.08. The van der Waals surface area contributed by atoms with Crippen molar-refractivity contribution >= 4 is 17.8 Å². The Bertz CT molecular complexity index is 401. The van der Waals surface area contributed by atoms with E-state index in [0.717, 1.165) is 0 Å². The molecule has 1 amide bonds. The summed E-state index contributed by atoms with van der Waals surface area (Å²) in [6.07, 6.45) is 0.990. The van der Waals surface area contributed by atoms with Gasteiger partial charge in [-0.1, -0.05) is 6.92 Å². The minimum absolute atomic E-state index is 0.116. The number of carbonyl (C=O) groups is 3. The zero-order chi connectivity index (χ0) is 13.9. The molecule has 0 aromatic carbocycles. The van der Waals surface area contributed by atoms with Crippen molar-refractivity contribution in [3.05, 3.63) is 11.6 Å². The van der Waals surface area contributed by atoms with Crippen LogP contribution in [0.5, 0.6) is 0 Å². The van der Waals surface area contributed by atoms with E-state index in [1.54, 1.807) is 0 Å². The van der Waals surface area contributed by atoms with E-state index in [4.69, 9.17) is 9.84 Å². The summed E-state index contributed by atoms with van der Waals surface area (Å²) in [4.78, 5) is 33.1. The van der Waals surface area contributed by atoms with Gasteiger partial charge in [-0.15, -0.1) is 0 Å². The Balaban J connectivity index is 2.97. The van der Waals surface area contributed by atoms with Crippen molar-refractivity contribution < 1.29 is 24.2 Å². The molecule has 0 saturated heterocycles. The van der Waals surface area contributed by atoms with E-state index in [2.05, 4.69) is 5.32 Å². The van der Waals surface area contributed by atoms with Gasteiger partial charge in [-0.25, -0.2) is 4.79 Å². The third kappa shape index (κ3) is 3.58. The van der Waals surface area contributed by atoms with Crippen LogP contribution in [-0.4, -0.2) is 35.1 Å². The van der Waals surface area contributed by atoms with E-state index in [1.807, 2.05) is 6.92 Å². The lowest BCUT2D eigenvalue weighted by atomic mass is 9.84. The number of carboxylic acids is 1. The predicted molar refractivity (Wildman–Crippen MR) is 62.7 cm³/mol. The average Bonchev–Trinajstić information content (AvgIpc) is 2.21. The fraction of sp³-hybridized carbons (Fsp3) is 0.583. The molecule has 2 N–H and O–H groups in total. The lowest BCUT2D eigenvalue weighted by Gasteiger charge is -2.34. The molecule has 6 heteroatoms. The quantitative estimate of drug-likeness (QED) is 0.715. The van der Waals surface area contributed by atoms with Gasteiger partial charge in [0.1, 0.15) is 6.10 Å². The molecule has 100 valence electrons. The highest BCUT2D eigenvalue weighted by Crippen LogP contribution is 2.26. The van der Waals surface area contributed by atoms with Crippen molar-refractivity contribution in [3.8, 4) is 0 Å². The minimum Gasteiger partial charge on any atom is -0.478 e. The highest BCUT2D eigenvalue weighted by atomic mass is 16.5. The molecular weight excluding hydrogens is 238 g/mol. The molecule has 0 bridgehead atoms. The van der Waals surface area contributed by atoms with Crippen LogP contribution in [0.4, 0.5) is 0 Å². The summed E-state index contributed by atoms with van der Waals surface area (Å²) >= 11 is 0. The first-order valence-corrected chi connectivity index (χ1v) is 5.69. The van der Waals surface area contributed by atoms with E-state index < -0.39 is 24.1 Å². The van der Waals surface area contributed by atoms with Crippen LogP contribution in [0, 0.1) is 5.92 Å². The van der Waals surface area contributed by atoms with Gasteiger partial charge in [-0.3, -0.25) is 9.59 Å². The molecule has 0 radical (unpaired) electrons. The fourth-order valence-electron chi connectivity index (χ4n) is 2.08. The summed E-state index contributed by atoms with van der Waals surface area (Å²) in [5.41, 5.74) is 0.204. The summed E-state index contributed by atoms with van der Waals surface area (Å²) in [6, 6.07) is -0.394. The van der Waals surface area contributed by atoms with Crippen molar-refractivity contribution in [2.45, 2.75) is 39.3 Å². The van der Waals surface area contributed by atoms with E-state index in [0.29, 0.717) is 6.42 Å². The SMILES string of the molecule is CC(=O)N[C@@H]1[C@@H](C)CC(C(=O)O)=C[C@H]1OC(C)=O. The van der Waals surface area contributed by atoms with Gasteiger partial charge in [0, 0.05) is 19.4 Å². The van der Waals surface area contributed by atoms with Crippen molar-refractivity contribution in [2.24, 2.45) is 5.92 Å². The smallest absolute Gasteiger partial charge is 0.331 e. The van der Waals surface area contributed by atoms with Crippen LogP contribution in [0.2, 0.25) is 0 Å². The molecule has 0 spiro atoms. The second-order valence-corrected chi connectivity index (χ2v) is 4.48. The first-order chi connectivity index (χ1) is 8.31. The second kappa shape index (κ2) is 5.66. The normalized spacial score (nSPS) is 27.1. The minimum atomic E-state index is -1.03. The molecule has 1 rings (SSSR count). The summed E-state index contributed by atoms with van der Waals surface area (Å²) in [5, 5.41) is 11.7. The number of ether oxygens (including phenoxy) is 1. The summed E-state index contributed by atoms with van der Waals surface area (Å²) in [5.74, 6) is -1.89. The first kappa shape index (κ1) is 14.2. The van der Waals surface area contributed by atoms with Crippen LogP contribution in [0.3, 0.4) is 0 Å². The lowest BCUT2D eigenvalue weighted by Crippen LogP contribution is -2.50. The van der Waals surface area contributed by atoms with Crippen LogP contribution in [-0.2, 0) is 19.1 Å². The molecular formula is C12H17NO5. The van der Waals surface area contributed by atoms with Crippen molar-refractivity contribution in [1.29, 1.82) is 0 Å². The number of esters is 1. The van der Waals surface area contributed by atoms with Crippen LogP contribution < -0.4 is 5.32 Å². The van der Waals surface area contributed by atoms with Gasteiger partial charge in [-0.2, -0.15) is 0 Å². The van der Waals surface area contributed by atoms with Gasteiger partial charge in [-0.05, 0) is 18.4 Å². The van der Waals surface area contributed by atoms with Crippen LogP contribution in [0.1, 0.15) is 27.2 Å². The van der Waals surface area contributed by atoms with Gasteiger partial charge < -0.3 is 15.2 Å². The topological polar surface area (TPSA) is 92.7 Å². The van der Waals surface area contributed by atoms with Crippen molar-refractivity contribution in [3.63, 3.8) is 0 Å². The van der Waals surface area contributed by atoms with Crippen LogP contribution in [0.15, 0.2) is 11.6 Å². The molecule has 0 fully saturated rings. The molecule has 0 aromatic rings. The monoisotopic (exact) mass is 255 g/mol. The molecule has 6 nitrogen and oxygen atoms in total. The Hall–Kier alpha value is -1.85. The average molecular weight is 255 g/mol. The van der Waals surface area contributed by atoms with E-state index in [1.165, 1.54) is 19.9 Å². The van der Waals surface area contributed by atoms with Crippen LogP contribution in [0.25, 0.3) is 0 Å². The van der Waals surface area contributed by atoms with Gasteiger partial charge in [0.05, 0.1) is 6.04 Å². The third-order valence-corrected chi connectivity index (χ3v) is 2.82. The number of nitrogens with one attached hydrogen (secondary N) is 1. The lowest BCUT2D eigenvalue weighted by molar-refractivity contribution is -0.147. The van der Waals surface area contributed by atoms with E-state index in [9.17, 15) is 14.4 Å². The predicted octanol–water partition coefficient (Wildman–Crippen LogP) is 0.474. The summed E-state index contributed by atoms with van der Waals surface area (Å²) in [6.45, 7) is 4.43. The second-order valence-electron chi connectivity index (χ2n) is 4.48. The van der Waals surface area contributed by atoms with Gasteiger partial charge in [0.15, 0.2) is 0 Å². The molecule has 0 aromatic heterocycles. The summed E-state index contributed by atoms with van der Waals surface area (Å²) < 4.78 is 5.06. The molecule has 3 atom stereocenters. The Labute approximate surface area is 105 Å².